The minimum atomic E-state index is -0.440. The molecule has 1 aromatic rings. The lowest BCUT2D eigenvalue weighted by atomic mass is 10.1. The molecule has 1 aliphatic heterocycles. The van der Waals surface area contributed by atoms with Gasteiger partial charge in [0.25, 0.3) is 5.91 Å². The van der Waals surface area contributed by atoms with Gasteiger partial charge in [0.2, 0.25) is 0 Å². The number of nitrogens with two attached hydrogens (primary N) is 1. The van der Waals surface area contributed by atoms with Crippen molar-refractivity contribution in [3.63, 3.8) is 0 Å². The number of nitrogens with one attached hydrogen (secondary N) is 1. The molecule has 5 heteroatoms. The van der Waals surface area contributed by atoms with Crippen LogP contribution in [0.4, 0.5) is 10.1 Å². The van der Waals surface area contributed by atoms with Crippen LogP contribution in [0.1, 0.15) is 36.0 Å². The third-order valence-corrected chi connectivity index (χ3v) is 3.28. The van der Waals surface area contributed by atoms with Gasteiger partial charge < -0.3 is 15.8 Å². The SMILES string of the molecule is Nc1cc(F)ccc1C(=O)NCCC1CCCCO1. The smallest absolute Gasteiger partial charge is 0.253 e. The standard InChI is InChI=1S/C14H19FN2O2/c15-10-4-5-12(13(16)9-10)14(18)17-7-6-11-3-1-2-8-19-11/h4-5,9,11H,1-3,6-8,16H2,(H,17,18). The van der Waals surface area contributed by atoms with Crippen LogP contribution in [0.25, 0.3) is 0 Å². The minimum absolute atomic E-state index is 0.159. The summed E-state index contributed by atoms with van der Waals surface area (Å²) in [6.07, 6.45) is 4.39. The molecular weight excluding hydrogens is 247 g/mol. The van der Waals surface area contributed by atoms with Gasteiger partial charge in [-0.2, -0.15) is 0 Å². The number of rotatable bonds is 4. The number of anilines is 1. The van der Waals surface area contributed by atoms with Gasteiger partial charge in [0.05, 0.1) is 11.7 Å². The van der Waals surface area contributed by atoms with E-state index >= 15 is 0 Å². The van der Waals surface area contributed by atoms with Crippen LogP contribution in [0.3, 0.4) is 0 Å². The van der Waals surface area contributed by atoms with Gasteiger partial charge in [-0.1, -0.05) is 0 Å². The van der Waals surface area contributed by atoms with Gasteiger partial charge in [0, 0.05) is 18.8 Å². The van der Waals surface area contributed by atoms with Crippen molar-refractivity contribution in [1.29, 1.82) is 0 Å². The second-order valence-corrected chi connectivity index (χ2v) is 4.76. The van der Waals surface area contributed by atoms with Crippen molar-refractivity contribution in [2.45, 2.75) is 31.8 Å². The first-order valence-corrected chi connectivity index (χ1v) is 6.61. The molecule has 1 atom stereocenters. The third kappa shape index (κ3) is 3.92. The molecule has 0 bridgehead atoms. The maximum atomic E-state index is 12.9. The molecule has 0 aromatic heterocycles. The number of hydrogen-bond donors (Lipinski definition) is 2. The van der Waals surface area contributed by atoms with Crippen LogP contribution in [0, 0.1) is 5.82 Å². The van der Waals surface area contributed by atoms with Crippen molar-refractivity contribution < 1.29 is 13.9 Å². The summed E-state index contributed by atoms with van der Waals surface area (Å²) in [6.45, 7) is 1.35. The van der Waals surface area contributed by atoms with Gasteiger partial charge in [0.15, 0.2) is 0 Å². The zero-order valence-electron chi connectivity index (χ0n) is 10.8. The summed E-state index contributed by atoms with van der Waals surface area (Å²) in [7, 11) is 0. The topological polar surface area (TPSA) is 64.4 Å². The maximum Gasteiger partial charge on any atom is 0.253 e. The lowest BCUT2D eigenvalue weighted by molar-refractivity contribution is 0.0117. The quantitative estimate of drug-likeness (QED) is 0.820. The first kappa shape index (κ1) is 13.8. The molecule has 0 radical (unpaired) electrons. The van der Waals surface area contributed by atoms with Gasteiger partial charge >= 0.3 is 0 Å². The Morgan fingerprint density at radius 3 is 3.00 bits per heavy atom. The molecule has 1 heterocycles. The lowest BCUT2D eigenvalue weighted by Crippen LogP contribution is -2.29. The Kier molecular flexibility index (Phi) is 4.74. The molecule has 1 aliphatic rings. The van der Waals surface area contributed by atoms with E-state index in [1.807, 2.05) is 0 Å². The highest BCUT2D eigenvalue weighted by Gasteiger charge is 2.15. The Balaban J connectivity index is 1.80. The largest absolute Gasteiger partial charge is 0.398 e. The van der Waals surface area contributed by atoms with Gasteiger partial charge in [-0.05, 0) is 43.9 Å². The van der Waals surface area contributed by atoms with E-state index in [4.69, 9.17) is 10.5 Å². The molecule has 1 unspecified atom stereocenters. The molecule has 4 nitrogen and oxygen atoms in total. The van der Waals surface area contributed by atoms with E-state index in [1.54, 1.807) is 0 Å². The number of hydrogen-bond acceptors (Lipinski definition) is 3. The van der Waals surface area contributed by atoms with Gasteiger partial charge in [-0.3, -0.25) is 4.79 Å². The van der Waals surface area contributed by atoms with Crippen LogP contribution in [-0.4, -0.2) is 25.2 Å². The van der Waals surface area contributed by atoms with Gasteiger partial charge in [-0.15, -0.1) is 0 Å². The molecule has 1 fully saturated rings. The van der Waals surface area contributed by atoms with Gasteiger partial charge in [0.1, 0.15) is 5.82 Å². The zero-order chi connectivity index (χ0) is 13.7. The molecule has 2 rings (SSSR count). The molecule has 0 saturated carbocycles. The van der Waals surface area contributed by atoms with Crippen LogP contribution >= 0.6 is 0 Å². The number of carbonyl (C=O) groups excluding carboxylic acids is 1. The van der Waals surface area contributed by atoms with Crippen LogP contribution in [0.15, 0.2) is 18.2 Å². The summed E-state index contributed by atoms with van der Waals surface area (Å²) in [4.78, 5) is 11.9. The lowest BCUT2D eigenvalue weighted by Gasteiger charge is -2.22. The van der Waals surface area contributed by atoms with Crippen LogP contribution in [0.5, 0.6) is 0 Å². The molecule has 1 amide bonds. The molecule has 3 N–H and O–H groups in total. The summed E-state index contributed by atoms with van der Waals surface area (Å²) in [5.41, 5.74) is 6.08. The average Bonchev–Trinajstić information content (AvgIpc) is 2.39. The fourth-order valence-electron chi connectivity index (χ4n) is 2.22. The van der Waals surface area contributed by atoms with Crippen LogP contribution in [-0.2, 0) is 4.74 Å². The second kappa shape index (κ2) is 6.52. The van der Waals surface area contributed by atoms with Crippen LogP contribution < -0.4 is 11.1 Å². The van der Waals surface area contributed by atoms with Crippen molar-refractivity contribution >= 4 is 11.6 Å². The van der Waals surface area contributed by atoms with Crippen molar-refractivity contribution in [2.24, 2.45) is 0 Å². The van der Waals surface area contributed by atoms with Crippen molar-refractivity contribution in [3.8, 4) is 0 Å². The average molecular weight is 266 g/mol. The summed E-state index contributed by atoms with van der Waals surface area (Å²) < 4.78 is 18.5. The van der Waals surface area contributed by atoms with Crippen molar-refractivity contribution in [2.75, 3.05) is 18.9 Å². The zero-order valence-corrected chi connectivity index (χ0v) is 10.8. The van der Waals surface area contributed by atoms with E-state index < -0.39 is 5.82 Å². The number of benzene rings is 1. The highest BCUT2D eigenvalue weighted by molar-refractivity contribution is 5.99. The van der Waals surface area contributed by atoms with Crippen LogP contribution in [0.2, 0.25) is 0 Å². The fourth-order valence-corrected chi connectivity index (χ4v) is 2.22. The number of halogens is 1. The molecule has 0 aliphatic carbocycles. The van der Waals surface area contributed by atoms with Crippen molar-refractivity contribution in [3.05, 3.63) is 29.6 Å². The monoisotopic (exact) mass is 266 g/mol. The first-order valence-electron chi connectivity index (χ1n) is 6.61. The molecular formula is C14H19FN2O2. The Morgan fingerprint density at radius 1 is 1.47 bits per heavy atom. The van der Waals surface area contributed by atoms with E-state index in [0.717, 1.165) is 31.9 Å². The third-order valence-electron chi connectivity index (χ3n) is 3.28. The van der Waals surface area contributed by atoms with Gasteiger partial charge in [-0.25, -0.2) is 4.39 Å². The Morgan fingerprint density at radius 2 is 2.32 bits per heavy atom. The number of carbonyl (C=O) groups is 1. The van der Waals surface area contributed by atoms with E-state index in [0.29, 0.717) is 12.1 Å². The highest BCUT2D eigenvalue weighted by Crippen LogP contribution is 2.16. The fraction of sp³-hybridized carbons (Fsp3) is 0.500. The molecule has 19 heavy (non-hydrogen) atoms. The summed E-state index contributed by atoms with van der Waals surface area (Å²) in [6, 6.07) is 3.78. The molecule has 1 aromatic carbocycles. The van der Waals surface area contributed by atoms with E-state index in [1.165, 1.54) is 18.6 Å². The Hall–Kier alpha value is -1.62. The first-order chi connectivity index (χ1) is 9.16. The number of amides is 1. The predicted octanol–water partition coefficient (Wildman–Crippen LogP) is 2.10. The van der Waals surface area contributed by atoms with Crippen molar-refractivity contribution in [1.82, 2.24) is 5.32 Å². The number of nitrogen functional groups attached to an aromatic ring is 1. The molecule has 0 spiro atoms. The minimum Gasteiger partial charge on any atom is -0.398 e. The molecule has 1 saturated heterocycles. The highest BCUT2D eigenvalue weighted by atomic mass is 19.1. The second-order valence-electron chi connectivity index (χ2n) is 4.76. The Labute approximate surface area is 112 Å². The molecule has 104 valence electrons. The van der Waals surface area contributed by atoms with E-state index in [-0.39, 0.29) is 17.7 Å². The normalized spacial score (nSPS) is 19.1. The summed E-state index contributed by atoms with van der Waals surface area (Å²) >= 11 is 0. The maximum absolute atomic E-state index is 12.9. The Bertz CT molecular complexity index is 445. The summed E-state index contributed by atoms with van der Waals surface area (Å²) in [5.74, 6) is -0.710. The van der Waals surface area contributed by atoms with E-state index in [2.05, 4.69) is 5.32 Å². The van der Waals surface area contributed by atoms with E-state index in [9.17, 15) is 9.18 Å². The summed E-state index contributed by atoms with van der Waals surface area (Å²) in [5, 5.41) is 2.79. The predicted molar refractivity (Wildman–Crippen MR) is 71.4 cm³/mol. The number of ether oxygens (including phenoxy) is 1.